The standard InChI is InChI=1S/C19H15ClN6O/c20-15-7-11(18-23-6-5-12(9-21)24-18)1-3-14(15)19(27)25-16-8-13-2-4-17(16)26(13)10-22/h1,3,5-7,13,16-17H,2,4,8H2,(H,25,27)/t13-,16+,17+/m0/s1. The van der Waals surface area contributed by atoms with Gasteiger partial charge in [0.1, 0.15) is 11.8 Å². The lowest BCUT2D eigenvalue weighted by Gasteiger charge is -2.22. The highest BCUT2D eigenvalue weighted by atomic mass is 35.5. The predicted molar refractivity (Wildman–Crippen MR) is 97.3 cm³/mol. The van der Waals surface area contributed by atoms with Gasteiger partial charge in [0, 0.05) is 17.8 Å². The Kier molecular flexibility index (Phi) is 4.39. The van der Waals surface area contributed by atoms with Gasteiger partial charge in [0.25, 0.3) is 5.91 Å². The first kappa shape index (κ1) is 17.3. The average molecular weight is 379 g/mol. The maximum atomic E-state index is 12.7. The SMILES string of the molecule is N#Cc1ccnc(-c2ccc(C(=O)N[C@@H]3C[C@@H]4CC[C@H]3N4C#N)c(Cl)c2)n1. The van der Waals surface area contributed by atoms with Crippen molar-refractivity contribution in [3.05, 3.63) is 46.7 Å². The van der Waals surface area contributed by atoms with Gasteiger partial charge in [-0.2, -0.15) is 10.5 Å². The summed E-state index contributed by atoms with van der Waals surface area (Å²) in [5.41, 5.74) is 1.25. The van der Waals surface area contributed by atoms with E-state index in [2.05, 4.69) is 21.5 Å². The minimum Gasteiger partial charge on any atom is -0.347 e. The number of benzene rings is 1. The fourth-order valence-electron chi connectivity index (χ4n) is 3.94. The summed E-state index contributed by atoms with van der Waals surface area (Å²) in [7, 11) is 0. The van der Waals surface area contributed by atoms with E-state index in [4.69, 9.17) is 16.9 Å². The third-order valence-corrected chi connectivity index (χ3v) is 5.52. The number of rotatable bonds is 3. The van der Waals surface area contributed by atoms with Gasteiger partial charge in [0.05, 0.1) is 22.7 Å². The van der Waals surface area contributed by atoms with Crippen LogP contribution in [0, 0.1) is 22.8 Å². The lowest BCUT2D eigenvalue weighted by molar-refractivity contribution is 0.0928. The number of nitrogens with one attached hydrogen (secondary N) is 1. The molecule has 4 rings (SSSR count). The normalized spacial score (nSPS) is 22.9. The highest BCUT2D eigenvalue weighted by molar-refractivity contribution is 6.34. The summed E-state index contributed by atoms with van der Waals surface area (Å²) in [5.74, 6) is 0.120. The molecular weight excluding hydrogens is 364 g/mol. The van der Waals surface area contributed by atoms with Gasteiger partial charge < -0.3 is 10.2 Å². The molecule has 0 aliphatic carbocycles. The van der Waals surface area contributed by atoms with Gasteiger partial charge in [0.15, 0.2) is 12.0 Å². The van der Waals surface area contributed by atoms with Crippen LogP contribution in [0.15, 0.2) is 30.5 Å². The number of carbonyl (C=O) groups is 1. The van der Waals surface area contributed by atoms with Crippen molar-refractivity contribution in [1.82, 2.24) is 20.2 Å². The number of halogens is 1. The first-order valence-electron chi connectivity index (χ1n) is 8.62. The maximum Gasteiger partial charge on any atom is 0.253 e. The molecule has 1 amide bonds. The summed E-state index contributed by atoms with van der Waals surface area (Å²) < 4.78 is 0. The predicted octanol–water partition coefficient (Wildman–Crippen LogP) is 2.48. The van der Waals surface area contributed by atoms with E-state index in [0.717, 1.165) is 19.3 Å². The van der Waals surface area contributed by atoms with Crippen molar-refractivity contribution in [2.75, 3.05) is 0 Å². The molecule has 134 valence electrons. The number of hydrogen-bond donors (Lipinski definition) is 1. The Labute approximate surface area is 161 Å². The summed E-state index contributed by atoms with van der Waals surface area (Å²) in [5, 5.41) is 21.5. The zero-order valence-corrected chi connectivity index (χ0v) is 15.0. The number of carbonyl (C=O) groups excluding carboxylic acids is 1. The van der Waals surface area contributed by atoms with Gasteiger partial charge in [0.2, 0.25) is 0 Å². The lowest BCUT2D eigenvalue weighted by Crippen LogP contribution is -2.43. The summed E-state index contributed by atoms with van der Waals surface area (Å²) in [6.07, 6.45) is 6.45. The van der Waals surface area contributed by atoms with Crippen molar-refractivity contribution in [2.24, 2.45) is 0 Å². The Hall–Kier alpha value is -3.16. The third kappa shape index (κ3) is 3.07. The Balaban J connectivity index is 1.52. The first-order chi connectivity index (χ1) is 13.1. The van der Waals surface area contributed by atoms with Gasteiger partial charge in [-0.05, 0) is 37.5 Å². The van der Waals surface area contributed by atoms with Gasteiger partial charge in [-0.1, -0.05) is 17.7 Å². The molecule has 1 aromatic carbocycles. The molecule has 1 N–H and O–H groups in total. The molecular formula is C19H15ClN6O. The summed E-state index contributed by atoms with van der Waals surface area (Å²) in [6, 6.07) is 8.71. The van der Waals surface area contributed by atoms with E-state index in [0.29, 0.717) is 17.0 Å². The largest absolute Gasteiger partial charge is 0.347 e. The highest BCUT2D eigenvalue weighted by Crippen LogP contribution is 2.37. The zero-order chi connectivity index (χ0) is 19.0. The summed E-state index contributed by atoms with van der Waals surface area (Å²) in [4.78, 5) is 22.7. The molecule has 2 aliphatic rings. The Bertz CT molecular complexity index is 994. The van der Waals surface area contributed by atoms with Gasteiger partial charge in [-0.15, -0.1) is 0 Å². The number of hydrogen-bond acceptors (Lipinski definition) is 6. The molecule has 3 heterocycles. The van der Waals surface area contributed by atoms with Crippen LogP contribution in [0.25, 0.3) is 11.4 Å². The molecule has 0 unspecified atom stereocenters. The molecule has 7 nitrogen and oxygen atoms in total. The van der Waals surface area contributed by atoms with Crippen molar-refractivity contribution >= 4 is 17.5 Å². The first-order valence-corrected chi connectivity index (χ1v) is 9.00. The van der Waals surface area contributed by atoms with Crippen LogP contribution < -0.4 is 5.32 Å². The number of aromatic nitrogens is 2. The van der Waals surface area contributed by atoms with Crippen molar-refractivity contribution in [3.8, 4) is 23.7 Å². The van der Waals surface area contributed by atoms with Gasteiger partial charge in [-0.3, -0.25) is 4.79 Å². The average Bonchev–Trinajstić information content (AvgIpc) is 3.24. The second-order valence-electron chi connectivity index (χ2n) is 6.69. The molecule has 2 aromatic rings. The minimum absolute atomic E-state index is 0.0395. The summed E-state index contributed by atoms with van der Waals surface area (Å²) in [6.45, 7) is 0. The smallest absolute Gasteiger partial charge is 0.253 e. The van der Waals surface area contributed by atoms with Crippen molar-refractivity contribution < 1.29 is 4.79 Å². The monoisotopic (exact) mass is 378 g/mol. The summed E-state index contributed by atoms with van der Waals surface area (Å²) >= 11 is 6.32. The van der Waals surface area contributed by atoms with E-state index in [1.54, 1.807) is 23.1 Å². The molecule has 2 saturated heterocycles. The van der Waals surface area contributed by atoms with Crippen molar-refractivity contribution in [3.63, 3.8) is 0 Å². The molecule has 2 aliphatic heterocycles. The van der Waals surface area contributed by atoms with Crippen LogP contribution in [0.2, 0.25) is 5.02 Å². The van der Waals surface area contributed by atoms with Crippen LogP contribution in [0.5, 0.6) is 0 Å². The zero-order valence-electron chi connectivity index (χ0n) is 14.3. The fourth-order valence-corrected chi connectivity index (χ4v) is 4.21. The van der Waals surface area contributed by atoms with Gasteiger partial charge >= 0.3 is 0 Å². The lowest BCUT2D eigenvalue weighted by atomic mass is 9.95. The number of fused-ring (bicyclic) bond motifs is 2. The molecule has 2 bridgehead atoms. The second kappa shape index (κ2) is 6.86. The second-order valence-corrected chi connectivity index (χ2v) is 7.10. The third-order valence-electron chi connectivity index (χ3n) is 5.21. The molecule has 27 heavy (non-hydrogen) atoms. The minimum atomic E-state index is -0.256. The highest BCUT2D eigenvalue weighted by Gasteiger charge is 2.46. The van der Waals surface area contributed by atoms with E-state index in [-0.39, 0.29) is 34.7 Å². The fraction of sp³-hybridized carbons (Fsp3) is 0.316. The van der Waals surface area contributed by atoms with Crippen LogP contribution >= 0.6 is 11.6 Å². The number of amides is 1. The van der Waals surface area contributed by atoms with E-state index in [1.165, 1.54) is 12.3 Å². The van der Waals surface area contributed by atoms with Crippen LogP contribution in [-0.4, -0.2) is 38.9 Å². The quantitative estimate of drug-likeness (QED) is 0.822. The molecule has 8 heteroatoms. The molecule has 3 atom stereocenters. The Morgan fingerprint density at radius 1 is 1.30 bits per heavy atom. The Morgan fingerprint density at radius 2 is 2.15 bits per heavy atom. The van der Waals surface area contributed by atoms with E-state index < -0.39 is 0 Å². The molecule has 0 saturated carbocycles. The van der Waals surface area contributed by atoms with E-state index in [9.17, 15) is 10.1 Å². The number of nitriles is 2. The van der Waals surface area contributed by atoms with Crippen LogP contribution in [0.3, 0.4) is 0 Å². The maximum absolute atomic E-state index is 12.7. The van der Waals surface area contributed by atoms with Crippen LogP contribution in [0.4, 0.5) is 0 Å². The van der Waals surface area contributed by atoms with Crippen molar-refractivity contribution in [1.29, 1.82) is 10.5 Å². The van der Waals surface area contributed by atoms with E-state index >= 15 is 0 Å². The molecule has 0 radical (unpaired) electrons. The van der Waals surface area contributed by atoms with Gasteiger partial charge in [-0.25, -0.2) is 9.97 Å². The molecule has 2 fully saturated rings. The Morgan fingerprint density at radius 3 is 2.85 bits per heavy atom. The van der Waals surface area contributed by atoms with E-state index in [1.807, 2.05) is 6.07 Å². The van der Waals surface area contributed by atoms with Crippen molar-refractivity contribution in [2.45, 2.75) is 37.4 Å². The molecule has 1 aromatic heterocycles. The molecule has 0 spiro atoms. The topological polar surface area (TPSA) is 106 Å². The van der Waals surface area contributed by atoms with Crippen LogP contribution in [0.1, 0.15) is 35.3 Å². The van der Waals surface area contributed by atoms with Crippen LogP contribution in [-0.2, 0) is 0 Å². The number of nitrogens with zero attached hydrogens (tertiary/aromatic N) is 5.